The fourth-order valence-electron chi connectivity index (χ4n) is 4.03. The molecule has 0 spiro atoms. The monoisotopic (exact) mass is 373 g/mol. The molecule has 0 unspecified atom stereocenters. The van der Waals surface area contributed by atoms with Crippen LogP contribution in [0.2, 0.25) is 0 Å². The summed E-state index contributed by atoms with van der Waals surface area (Å²) in [5, 5.41) is 6.13. The Morgan fingerprint density at radius 3 is 2.52 bits per heavy atom. The number of ether oxygens (including phenoxy) is 1. The lowest BCUT2D eigenvalue weighted by Crippen LogP contribution is -2.40. The summed E-state index contributed by atoms with van der Waals surface area (Å²) in [5.41, 5.74) is 0.719. The number of likely N-dealkylation sites (tertiary alicyclic amines) is 1. The quantitative estimate of drug-likeness (QED) is 0.771. The third-order valence-corrected chi connectivity index (χ3v) is 5.70. The molecule has 0 bridgehead atoms. The number of amides is 2. The first-order valence-electron chi connectivity index (χ1n) is 10.1. The van der Waals surface area contributed by atoms with E-state index in [1.54, 1.807) is 7.11 Å². The molecule has 27 heavy (non-hydrogen) atoms. The summed E-state index contributed by atoms with van der Waals surface area (Å²) < 4.78 is 5.29. The minimum Gasteiger partial charge on any atom is -0.495 e. The van der Waals surface area contributed by atoms with Crippen molar-refractivity contribution in [2.75, 3.05) is 32.1 Å². The number of hydrogen-bond donors (Lipinski definition) is 2. The van der Waals surface area contributed by atoms with Gasteiger partial charge in [0.1, 0.15) is 5.75 Å². The predicted molar refractivity (Wildman–Crippen MR) is 106 cm³/mol. The average molecular weight is 373 g/mol. The Morgan fingerprint density at radius 1 is 1.11 bits per heavy atom. The molecule has 3 rings (SSSR count). The molecule has 1 aliphatic heterocycles. The largest absolute Gasteiger partial charge is 0.495 e. The van der Waals surface area contributed by atoms with Crippen molar-refractivity contribution in [3.63, 3.8) is 0 Å². The minimum atomic E-state index is 0.0125. The van der Waals surface area contributed by atoms with Gasteiger partial charge in [-0.1, -0.05) is 25.0 Å². The number of carbonyl (C=O) groups is 2. The summed E-state index contributed by atoms with van der Waals surface area (Å²) in [6.45, 7) is 2.50. The van der Waals surface area contributed by atoms with Gasteiger partial charge in [0.05, 0.1) is 12.8 Å². The maximum Gasteiger partial charge on any atom is 0.227 e. The molecule has 0 aromatic heterocycles. The number of anilines is 1. The van der Waals surface area contributed by atoms with Gasteiger partial charge >= 0.3 is 0 Å². The number of piperidine rings is 1. The van der Waals surface area contributed by atoms with E-state index in [9.17, 15) is 9.59 Å². The molecule has 1 saturated heterocycles. The van der Waals surface area contributed by atoms with E-state index in [1.165, 1.54) is 12.8 Å². The molecule has 1 heterocycles. The van der Waals surface area contributed by atoms with Crippen LogP contribution in [-0.4, -0.2) is 49.5 Å². The van der Waals surface area contributed by atoms with Gasteiger partial charge in [0.25, 0.3) is 0 Å². The molecule has 148 valence electrons. The van der Waals surface area contributed by atoms with Crippen molar-refractivity contribution >= 4 is 17.5 Å². The van der Waals surface area contributed by atoms with Crippen molar-refractivity contribution < 1.29 is 14.3 Å². The summed E-state index contributed by atoms with van der Waals surface area (Å²) in [4.78, 5) is 26.9. The molecular weight excluding hydrogens is 342 g/mol. The first kappa shape index (κ1) is 19.7. The van der Waals surface area contributed by atoms with Crippen molar-refractivity contribution in [2.24, 2.45) is 5.92 Å². The van der Waals surface area contributed by atoms with Gasteiger partial charge in [-0.2, -0.15) is 0 Å². The fourth-order valence-corrected chi connectivity index (χ4v) is 4.03. The number of para-hydroxylation sites is 2. The molecule has 1 aliphatic carbocycles. The van der Waals surface area contributed by atoms with Gasteiger partial charge in [-0.25, -0.2) is 0 Å². The Morgan fingerprint density at radius 2 is 1.81 bits per heavy atom. The molecule has 2 amide bonds. The first-order valence-corrected chi connectivity index (χ1v) is 10.1. The lowest BCUT2D eigenvalue weighted by Gasteiger charge is -2.31. The van der Waals surface area contributed by atoms with Gasteiger partial charge in [0.15, 0.2) is 0 Å². The Bertz CT molecular complexity index is 635. The zero-order chi connectivity index (χ0) is 19.1. The van der Waals surface area contributed by atoms with Crippen LogP contribution in [0.15, 0.2) is 24.3 Å². The third-order valence-electron chi connectivity index (χ3n) is 5.70. The van der Waals surface area contributed by atoms with Crippen LogP contribution in [0.5, 0.6) is 5.75 Å². The maximum atomic E-state index is 12.6. The van der Waals surface area contributed by atoms with Gasteiger partial charge in [-0.3, -0.25) is 9.59 Å². The Labute approximate surface area is 161 Å². The highest BCUT2D eigenvalue weighted by Crippen LogP contribution is 2.26. The van der Waals surface area contributed by atoms with E-state index in [-0.39, 0.29) is 17.7 Å². The molecular formula is C21H31N3O3. The fraction of sp³-hybridized carbons (Fsp3) is 0.619. The van der Waals surface area contributed by atoms with Crippen LogP contribution in [0.4, 0.5) is 5.69 Å². The van der Waals surface area contributed by atoms with Crippen LogP contribution in [-0.2, 0) is 9.59 Å². The molecule has 0 atom stereocenters. The lowest BCUT2D eigenvalue weighted by atomic mass is 9.95. The highest BCUT2D eigenvalue weighted by atomic mass is 16.5. The van der Waals surface area contributed by atoms with Gasteiger partial charge in [0.2, 0.25) is 11.8 Å². The summed E-state index contributed by atoms with van der Waals surface area (Å²) in [6.07, 6.45) is 6.91. The predicted octanol–water partition coefficient (Wildman–Crippen LogP) is 2.79. The van der Waals surface area contributed by atoms with Crippen LogP contribution in [0, 0.1) is 5.92 Å². The molecule has 2 fully saturated rings. The number of benzene rings is 1. The lowest BCUT2D eigenvalue weighted by molar-refractivity contribution is -0.123. The van der Waals surface area contributed by atoms with Crippen LogP contribution in [0.25, 0.3) is 0 Å². The molecule has 2 aliphatic rings. The second-order valence-corrected chi connectivity index (χ2v) is 7.60. The van der Waals surface area contributed by atoms with Gasteiger partial charge in [-0.15, -0.1) is 0 Å². The SMILES string of the molecule is COc1ccccc1NC(=O)C1CCN(CCC(=O)NC2CCCC2)CC1. The summed E-state index contributed by atoms with van der Waals surface area (Å²) in [5.74, 6) is 0.908. The van der Waals surface area contributed by atoms with E-state index in [2.05, 4.69) is 15.5 Å². The molecule has 1 saturated carbocycles. The highest BCUT2D eigenvalue weighted by molar-refractivity contribution is 5.94. The number of nitrogens with zero attached hydrogens (tertiary/aromatic N) is 1. The number of methoxy groups -OCH3 is 1. The van der Waals surface area contributed by atoms with E-state index in [4.69, 9.17) is 4.74 Å². The van der Waals surface area contributed by atoms with Crippen LogP contribution < -0.4 is 15.4 Å². The maximum absolute atomic E-state index is 12.6. The topological polar surface area (TPSA) is 70.7 Å². The Hall–Kier alpha value is -2.08. The minimum absolute atomic E-state index is 0.0125. The Kier molecular flexibility index (Phi) is 7.10. The van der Waals surface area contributed by atoms with Gasteiger partial charge in [-0.05, 0) is 50.9 Å². The number of rotatable bonds is 7. The summed E-state index contributed by atoms with van der Waals surface area (Å²) in [6, 6.07) is 7.86. The first-order chi connectivity index (χ1) is 13.2. The average Bonchev–Trinajstić information content (AvgIpc) is 3.20. The third kappa shape index (κ3) is 5.70. The van der Waals surface area contributed by atoms with Crippen LogP contribution >= 0.6 is 0 Å². The van der Waals surface area contributed by atoms with Gasteiger partial charge < -0.3 is 20.3 Å². The van der Waals surface area contributed by atoms with E-state index < -0.39 is 0 Å². The van der Waals surface area contributed by atoms with Crippen molar-refractivity contribution in [3.05, 3.63) is 24.3 Å². The highest BCUT2D eigenvalue weighted by Gasteiger charge is 2.26. The molecule has 2 N–H and O–H groups in total. The molecule has 0 radical (unpaired) electrons. The van der Waals surface area contributed by atoms with Crippen molar-refractivity contribution in [2.45, 2.75) is 51.0 Å². The van der Waals surface area contributed by atoms with E-state index in [0.717, 1.165) is 51.0 Å². The van der Waals surface area contributed by atoms with E-state index in [0.29, 0.717) is 18.2 Å². The summed E-state index contributed by atoms with van der Waals surface area (Å²) >= 11 is 0. The zero-order valence-corrected chi connectivity index (χ0v) is 16.2. The second kappa shape index (κ2) is 9.74. The molecule has 6 heteroatoms. The van der Waals surface area contributed by atoms with Crippen molar-refractivity contribution in [1.29, 1.82) is 0 Å². The van der Waals surface area contributed by atoms with Crippen molar-refractivity contribution in [1.82, 2.24) is 10.2 Å². The second-order valence-electron chi connectivity index (χ2n) is 7.60. The van der Waals surface area contributed by atoms with Crippen LogP contribution in [0.3, 0.4) is 0 Å². The van der Waals surface area contributed by atoms with Crippen LogP contribution in [0.1, 0.15) is 44.9 Å². The molecule has 1 aromatic rings. The molecule has 1 aromatic carbocycles. The smallest absolute Gasteiger partial charge is 0.227 e. The summed E-state index contributed by atoms with van der Waals surface area (Å²) in [7, 11) is 1.60. The number of hydrogen-bond acceptors (Lipinski definition) is 4. The van der Waals surface area contributed by atoms with E-state index >= 15 is 0 Å². The Balaban J connectivity index is 1.38. The molecule has 6 nitrogen and oxygen atoms in total. The normalized spacial score (nSPS) is 19.0. The zero-order valence-electron chi connectivity index (χ0n) is 16.2. The number of carbonyl (C=O) groups excluding carboxylic acids is 2. The van der Waals surface area contributed by atoms with E-state index in [1.807, 2.05) is 24.3 Å². The van der Waals surface area contributed by atoms with Crippen molar-refractivity contribution in [3.8, 4) is 5.75 Å². The number of nitrogens with one attached hydrogen (secondary N) is 2. The standard InChI is InChI=1S/C21H31N3O3/c1-27-19-9-5-4-8-18(19)23-21(26)16-10-13-24(14-11-16)15-12-20(25)22-17-6-2-3-7-17/h4-5,8-9,16-17H,2-3,6-7,10-15H2,1H3,(H,22,25)(H,23,26). The van der Waals surface area contributed by atoms with Gasteiger partial charge in [0, 0.05) is 24.9 Å².